The summed E-state index contributed by atoms with van der Waals surface area (Å²) >= 11 is 0. The van der Waals surface area contributed by atoms with Crippen LogP contribution in [-0.4, -0.2) is 42.8 Å². The van der Waals surface area contributed by atoms with Gasteiger partial charge in [-0.1, -0.05) is 18.6 Å². The number of nitrogens with zero attached hydrogens (tertiary/aromatic N) is 2. The van der Waals surface area contributed by atoms with Crippen molar-refractivity contribution < 1.29 is 13.2 Å². The summed E-state index contributed by atoms with van der Waals surface area (Å²) in [6.45, 7) is 6.07. The van der Waals surface area contributed by atoms with E-state index in [0.29, 0.717) is 37.6 Å². The van der Waals surface area contributed by atoms with Crippen LogP contribution >= 0.6 is 0 Å². The largest absolute Gasteiger partial charge is 0.352 e. The summed E-state index contributed by atoms with van der Waals surface area (Å²) in [4.78, 5) is 26.3. The van der Waals surface area contributed by atoms with E-state index in [9.17, 15) is 18.0 Å². The van der Waals surface area contributed by atoms with Crippen LogP contribution in [-0.2, 0) is 16.6 Å². The average Bonchev–Trinajstić information content (AvgIpc) is 2.85. The van der Waals surface area contributed by atoms with E-state index >= 15 is 0 Å². The molecule has 8 heteroatoms. The lowest BCUT2D eigenvalue weighted by atomic mass is 9.97. The summed E-state index contributed by atoms with van der Waals surface area (Å²) in [5, 5.41) is 3.14. The van der Waals surface area contributed by atoms with E-state index in [1.807, 2.05) is 11.5 Å². The molecule has 0 unspecified atom stereocenters. The van der Waals surface area contributed by atoms with Gasteiger partial charge in [0.1, 0.15) is 5.56 Å². The van der Waals surface area contributed by atoms with Gasteiger partial charge in [-0.05, 0) is 76.0 Å². The molecule has 1 aromatic heterocycles. The molecule has 0 spiro atoms. The second-order valence-corrected chi connectivity index (χ2v) is 11.5. The predicted molar refractivity (Wildman–Crippen MR) is 135 cm³/mol. The molecule has 0 radical (unpaired) electrons. The smallest absolute Gasteiger partial charge is 0.256 e. The Bertz CT molecular complexity index is 1250. The zero-order valence-electron chi connectivity index (χ0n) is 20.2. The second-order valence-electron chi connectivity index (χ2n) is 9.54. The molecule has 0 atom stereocenters. The number of hydrogen-bond acceptors (Lipinski definition) is 4. The van der Waals surface area contributed by atoms with Gasteiger partial charge >= 0.3 is 0 Å². The fourth-order valence-corrected chi connectivity index (χ4v) is 6.39. The Morgan fingerprint density at radius 2 is 1.94 bits per heavy atom. The van der Waals surface area contributed by atoms with Gasteiger partial charge in [0.15, 0.2) is 0 Å². The lowest BCUT2D eigenvalue weighted by molar-refractivity contribution is 0.0952. The molecule has 7 nitrogen and oxygen atoms in total. The monoisotopic (exact) mass is 485 g/mol. The van der Waals surface area contributed by atoms with Crippen molar-refractivity contribution >= 4 is 26.8 Å². The lowest BCUT2D eigenvalue weighted by Crippen LogP contribution is -2.38. The Kier molecular flexibility index (Phi) is 7.57. The maximum absolute atomic E-state index is 13.3. The molecule has 1 fully saturated rings. The number of piperidine rings is 1. The third-order valence-corrected chi connectivity index (χ3v) is 9.03. The average molecular weight is 486 g/mol. The fourth-order valence-electron chi connectivity index (χ4n) is 4.90. The molecule has 1 N–H and O–H groups in total. The Labute approximate surface area is 201 Å². The van der Waals surface area contributed by atoms with E-state index in [0.717, 1.165) is 32.1 Å². The normalized spacial score (nSPS) is 18.1. The fraction of sp³-hybridized carbons (Fsp3) is 0.538. The van der Waals surface area contributed by atoms with E-state index in [4.69, 9.17) is 0 Å². The predicted octanol–water partition coefficient (Wildman–Crippen LogP) is 4.06. The van der Waals surface area contributed by atoms with Crippen LogP contribution in [0.15, 0.2) is 45.7 Å². The number of amides is 1. The molecule has 1 aromatic carbocycles. The summed E-state index contributed by atoms with van der Waals surface area (Å²) in [7, 11) is -3.69. The van der Waals surface area contributed by atoms with E-state index in [2.05, 4.69) is 18.3 Å². The Morgan fingerprint density at radius 1 is 1.18 bits per heavy atom. The number of nitrogens with one attached hydrogen (secondary N) is 1. The van der Waals surface area contributed by atoms with E-state index in [-0.39, 0.29) is 15.8 Å². The minimum absolute atomic E-state index is 0.0494. The summed E-state index contributed by atoms with van der Waals surface area (Å²) in [5.74, 6) is 0.0964. The standard InChI is InChI=1S/C26H35N3O4S/c1-3-28-18-23(26(31)27-14-11-20-7-5-4-6-8-20)25(30)22-17-21(9-10-24(22)28)34(32,33)29-15-12-19(2)13-16-29/h7,9-10,17-19H,3-6,8,11-16H2,1-2H3,(H,27,31). The highest BCUT2D eigenvalue weighted by Gasteiger charge is 2.29. The lowest BCUT2D eigenvalue weighted by Gasteiger charge is -2.29. The summed E-state index contributed by atoms with van der Waals surface area (Å²) in [6.07, 6.45) is 10.9. The third kappa shape index (κ3) is 5.13. The van der Waals surface area contributed by atoms with Crippen LogP contribution in [0.1, 0.15) is 69.2 Å². The quantitative estimate of drug-likeness (QED) is 0.599. The first kappa shape index (κ1) is 24.7. The first-order valence-corrected chi connectivity index (χ1v) is 13.9. The number of pyridine rings is 1. The van der Waals surface area contributed by atoms with Crippen LogP contribution in [0.5, 0.6) is 0 Å². The first-order chi connectivity index (χ1) is 16.3. The maximum Gasteiger partial charge on any atom is 0.256 e. The molecule has 1 aliphatic heterocycles. The minimum atomic E-state index is -3.69. The van der Waals surface area contributed by atoms with Crippen LogP contribution in [0.25, 0.3) is 10.9 Å². The van der Waals surface area contributed by atoms with Gasteiger partial charge in [0.25, 0.3) is 5.91 Å². The zero-order chi connectivity index (χ0) is 24.3. The highest BCUT2D eigenvalue weighted by atomic mass is 32.2. The number of hydrogen-bond donors (Lipinski definition) is 1. The minimum Gasteiger partial charge on any atom is -0.352 e. The summed E-state index contributed by atoms with van der Waals surface area (Å²) in [5.41, 5.74) is 1.60. The van der Waals surface area contributed by atoms with Gasteiger partial charge in [-0.15, -0.1) is 0 Å². The number of fused-ring (bicyclic) bond motifs is 1. The maximum atomic E-state index is 13.3. The number of rotatable bonds is 7. The molecular formula is C26H35N3O4S. The van der Waals surface area contributed by atoms with Gasteiger partial charge in [-0.3, -0.25) is 9.59 Å². The number of aryl methyl sites for hydroxylation is 1. The number of allylic oxidation sites excluding steroid dienone is 1. The van der Waals surface area contributed by atoms with Crippen LogP contribution in [0, 0.1) is 5.92 Å². The molecule has 0 saturated carbocycles. The number of carbonyl (C=O) groups is 1. The topological polar surface area (TPSA) is 88.5 Å². The van der Waals surface area contributed by atoms with Crippen molar-refractivity contribution in [3.8, 4) is 0 Å². The van der Waals surface area contributed by atoms with Gasteiger partial charge in [-0.2, -0.15) is 4.31 Å². The highest BCUT2D eigenvalue weighted by molar-refractivity contribution is 7.89. The molecule has 0 bridgehead atoms. The number of benzene rings is 1. The third-order valence-electron chi connectivity index (χ3n) is 7.13. The van der Waals surface area contributed by atoms with Crippen LogP contribution in [0.3, 0.4) is 0 Å². The number of aromatic nitrogens is 1. The molecule has 2 heterocycles. The molecule has 2 aromatic rings. The van der Waals surface area contributed by atoms with Gasteiger partial charge in [-0.25, -0.2) is 8.42 Å². The van der Waals surface area contributed by atoms with E-state index in [1.165, 1.54) is 28.8 Å². The molecule has 1 amide bonds. The van der Waals surface area contributed by atoms with Gasteiger partial charge < -0.3 is 9.88 Å². The van der Waals surface area contributed by atoms with Crippen molar-refractivity contribution in [1.82, 2.24) is 14.2 Å². The Balaban J connectivity index is 1.62. The highest BCUT2D eigenvalue weighted by Crippen LogP contribution is 2.25. The van der Waals surface area contributed by atoms with Crippen molar-refractivity contribution in [3.63, 3.8) is 0 Å². The van der Waals surface area contributed by atoms with Crippen LogP contribution < -0.4 is 10.7 Å². The van der Waals surface area contributed by atoms with Crippen molar-refractivity contribution in [2.24, 2.45) is 5.92 Å². The Morgan fingerprint density at radius 3 is 2.62 bits per heavy atom. The molecule has 2 aliphatic rings. The first-order valence-electron chi connectivity index (χ1n) is 12.4. The molecule has 34 heavy (non-hydrogen) atoms. The van der Waals surface area contributed by atoms with Crippen LogP contribution in [0.2, 0.25) is 0 Å². The van der Waals surface area contributed by atoms with E-state index < -0.39 is 21.4 Å². The van der Waals surface area contributed by atoms with Gasteiger partial charge in [0, 0.05) is 37.8 Å². The van der Waals surface area contributed by atoms with Crippen molar-refractivity contribution in [3.05, 3.63) is 51.8 Å². The molecular weight excluding hydrogens is 450 g/mol. The Hall–Kier alpha value is -2.45. The SMILES string of the molecule is CCn1cc(C(=O)NCCC2=CCCCC2)c(=O)c2cc(S(=O)(=O)N3CCC(C)CC3)ccc21. The molecule has 1 aliphatic carbocycles. The summed E-state index contributed by atoms with van der Waals surface area (Å²) in [6, 6.07) is 4.69. The second kappa shape index (κ2) is 10.4. The molecule has 184 valence electrons. The molecule has 4 rings (SSSR count). The number of carbonyl (C=O) groups excluding carboxylic acids is 1. The van der Waals surface area contributed by atoms with Gasteiger partial charge in [0.05, 0.1) is 10.4 Å². The van der Waals surface area contributed by atoms with Gasteiger partial charge in [0.2, 0.25) is 15.5 Å². The van der Waals surface area contributed by atoms with Crippen molar-refractivity contribution in [2.75, 3.05) is 19.6 Å². The number of sulfonamides is 1. The van der Waals surface area contributed by atoms with Crippen molar-refractivity contribution in [1.29, 1.82) is 0 Å². The summed E-state index contributed by atoms with van der Waals surface area (Å²) < 4.78 is 29.8. The van der Waals surface area contributed by atoms with Crippen LogP contribution in [0.4, 0.5) is 0 Å². The van der Waals surface area contributed by atoms with E-state index in [1.54, 1.807) is 18.3 Å². The molecule has 1 saturated heterocycles. The van der Waals surface area contributed by atoms with Crippen molar-refractivity contribution in [2.45, 2.75) is 70.2 Å². The zero-order valence-corrected chi connectivity index (χ0v) is 21.0.